The minimum atomic E-state index is -0.0717. The average Bonchev–Trinajstić information content (AvgIpc) is 3.02. The Hall–Kier alpha value is -1.10. The Morgan fingerprint density at radius 2 is 2.31 bits per heavy atom. The van der Waals surface area contributed by atoms with E-state index in [1.165, 1.54) is 0 Å². The van der Waals surface area contributed by atoms with Crippen molar-refractivity contribution >= 4 is 11.8 Å². The number of hydrogen-bond acceptors (Lipinski definition) is 3. The van der Waals surface area contributed by atoms with Crippen molar-refractivity contribution in [2.75, 3.05) is 19.6 Å². The quantitative estimate of drug-likeness (QED) is 0.660. The molecule has 1 saturated heterocycles. The van der Waals surface area contributed by atoms with E-state index in [1.54, 1.807) is 4.90 Å². The molecule has 1 unspecified atom stereocenters. The van der Waals surface area contributed by atoms with Crippen molar-refractivity contribution in [1.82, 2.24) is 10.2 Å². The van der Waals surface area contributed by atoms with Crippen molar-refractivity contribution in [2.45, 2.75) is 31.7 Å². The molecule has 0 aromatic rings. The van der Waals surface area contributed by atoms with Crippen LogP contribution in [0, 0.1) is 5.92 Å². The molecule has 90 valence electrons. The maximum absolute atomic E-state index is 11.7. The summed E-state index contributed by atoms with van der Waals surface area (Å²) in [5, 5.41) is 2.92. The van der Waals surface area contributed by atoms with Crippen LogP contribution in [0.3, 0.4) is 0 Å². The molecule has 2 amide bonds. The highest BCUT2D eigenvalue weighted by Crippen LogP contribution is 2.32. The third-order valence-corrected chi connectivity index (χ3v) is 3.30. The van der Waals surface area contributed by atoms with Crippen molar-refractivity contribution in [3.8, 4) is 0 Å². The fraction of sp³-hybridized carbons (Fsp3) is 0.818. The van der Waals surface area contributed by atoms with E-state index >= 15 is 0 Å². The largest absolute Gasteiger partial charge is 0.350 e. The van der Waals surface area contributed by atoms with E-state index in [4.69, 9.17) is 5.73 Å². The molecule has 0 bridgehead atoms. The van der Waals surface area contributed by atoms with Gasteiger partial charge in [0.05, 0.1) is 6.54 Å². The Morgan fingerprint density at radius 1 is 1.56 bits per heavy atom. The highest BCUT2D eigenvalue weighted by atomic mass is 16.2. The summed E-state index contributed by atoms with van der Waals surface area (Å²) < 4.78 is 0. The zero-order valence-corrected chi connectivity index (χ0v) is 9.45. The number of amides is 2. The molecule has 0 spiro atoms. The molecular weight excluding hydrogens is 206 g/mol. The third-order valence-electron chi connectivity index (χ3n) is 3.30. The molecule has 16 heavy (non-hydrogen) atoms. The fourth-order valence-electron chi connectivity index (χ4n) is 2.16. The Bertz CT molecular complexity index is 289. The van der Waals surface area contributed by atoms with Gasteiger partial charge in [-0.3, -0.25) is 9.59 Å². The molecule has 5 heteroatoms. The third kappa shape index (κ3) is 2.72. The molecule has 3 N–H and O–H groups in total. The zero-order valence-electron chi connectivity index (χ0n) is 9.45. The standard InChI is InChI=1S/C11H19N3O2/c12-6-9(8-3-4-8)13-10(15)7-14-5-1-2-11(14)16/h8-9H,1-7,12H2,(H,13,15). The molecule has 0 aromatic carbocycles. The predicted octanol–water partition coefficient (Wildman–Crippen LogP) is -0.538. The Balaban J connectivity index is 1.76. The van der Waals surface area contributed by atoms with E-state index in [1.807, 2.05) is 0 Å². The first kappa shape index (κ1) is 11.4. The molecule has 2 fully saturated rings. The monoisotopic (exact) mass is 225 g/mol. The van der Waals surface area contributed by atoms with E-state index in [9.17, 15) is 9.59 Å². The van der Waals surface area contributed by atoms with Gasteiger partial charge in [0.15, 0.2) is 0 Å². The number of nitrogens with two attached hydrogens (primary N) is 1. The minimum Gasteiger partial charge on any atom is -0.350 e. The van der Waals surface area contributed by atoms with Gasteiger partial charge in [-0.15, -0.1) is 0 Å². The van der Waals surface area contributed by atoms with Crippen LogP contribution in [0.4, 0.5) is 0 Å². The molecule has 1 saturated carbocycles. The summed E-state index contributed by atoms with van der Waals surface area (Å²) in [5.74, 6) is 0.576. The Morgan fingerprint density at radius 3 is 2.81 bits per heavy atom. The summed E-state index contributed by atoms with van der Waals surface area (Å²) in [4.78, 5) is 24.6. The minimum absolute atomic E-state index is 0.0717. The van der Waals surface area contributed by atoms with Crippen LogP contribution < -0.4 is 11.1 Å². The van der Waals surface area contributed by atoms with Gasteiger partial charge in [-0.2, -0.15) is 0 Å². The van der Waals surface area contributed by atoms with Crippen LogP contribution in [0.2, 0.25) is 0 Å². The van der Waals surface area contributed by atoms with Gasteiger partial charge >= 0.3 is 0 Å². The number of nitrogens with one attached hydrogen (secondary N) is 1. The van der Waals surface area contributed by atoms with E-state index in [2.05, 4.69) is 5.32 Å². The lowest BCUT2D eigenvalue weighted by Crippen LogP contribution is -2.46. The van der Waals surface area contributed by atoms with Crippen molar-refractivity contribution in [3.63, 3.8) is 0 Å². The highest BCUT2D eigenvalue weighted by molar-refractivity contribution is 5.85. The molecule has 1 atom stereocenters. The van der Waals surface area contributed by atoms with E-state index in [0.717, 1.165) is 19.3 Å². The van der Waals surface area contributed by atoms with Crippen molar-refractivity contribution < 1.29 is 9.59 Å². The Labute approximate surface area is 95.3 Å². The summed E-state index contributed by atoms with van der Waals surface area (Å²) in [7, 11) is 0. The second-order valence-electron chi connectivity index (χ2n) is 4.67. The van der Waals surface area contributed by atoms with Crippen molar-refractivity contribution in [2.24, 2.45) is 11.7 Å². The second kappa shape index (κ2) is 4.82. The zero-order chi connectivity index (χ0) is 11.5. The molecule has 1 aliphatic heterocycles. The van der Waals surface area contributed by atoms with Crippen molar-refractivity contribution in [1.29, 1.82) is 0 Å². The maximum Gasteiger partial charge on any atom is 0.239 e. The molecule has 0 radical (unpaired) electrons. The maximum atomic E-state index is 11.7. The molecule has 1 heterocycles. The van der Waals surface area contributed by atoms with Crippen LogP contribution >= 0.6 is 0 Å². The normalized spacial score (nSPS) is 22.3. The smallest absolute Gasteiger partial charge is 0.239 e. The summed E-state index contributed by atoms with van der Waals surface area (Å²) in [6.07, 6.45) is 3.76. The molecule has 2 aliphatic rings. The second-order valence-corrected chi connectivity index (χ2v) is 4.67. The first-order valence-corrected chi connectivity index (χ1v) is 5.98. The number of rotatable bonds is 5. The number of likely N-dealkylation sites (tertiary alicyclic amines) is 1. The molecule has 0 aromatic heterocycles. The van der Waals surface area contributed by atoms with Gasteiger partial charge in [0.25, 0.3) is 0 Å². The van der Waals surface area contributed by atoms with Gasteiger partial charge in [0, 0.05) is 25.6 Å². The lowest BCUT2D eigenvalue weighted by Gasteiger charge is -2.19. The Kier molecular flexibility index (Phi) is 3.43. The summed E-state index contributed by atoms with van der Waals surface area (Å²) in [5.41, 5.74) is 5.60. The van der Waals surface area contributed by atoms with Gasteiger partial charge in [-0.1, -0.05) is 0 Å². The molecular formula is C11H19N3O2. The molecule has 1 aliphatic carbocycles. The van der Waals surface area contributed by atoms with Crippen LogP contribution in [0.5, 0.6) is 0 Å². The van der Waals surface area contributed by atoms with Crippen LogP contribution in [0.25, 0.3) is 0 Å². The van der Waals surface area contributed by atoms with Gasteiger partial charge < -0.3 is 16.0 Å². The van der Waals surface area contributed by atoms with E-state index < -0.39 is 0 Å². The first-order chi connectivity index (χ1) is 7.70. The number of hydrogen-bond donors (Lipinski definition) is 2. The fourth-order valence-corrected chi connectivity index (χ4v) is 2.16. The number of nitrogens with zero attached hydrogens (tertiary/aromatic N) is 1. The van der Waals surface area contributed by atoms with Gasteiger partial charge in [-0.05, 0) is 25.2 Å². The van der Waals surface area contributed by atoms with Crippen LogP contribution in [-0.4, -0.2) is 42.4 Å². The predicted molar refractivity (Wildman–Crippen MR) is 59.5 cm³/mol. The van der Waals surface area contributed by atoms with E-state index in [0.29, 0.717) is 25.4 Å². The lowest BCUT2D eigenvalue weighted by atomic mass is 10.2. The van der Waals surface area contributed by atoms with Gasteiger partial charge in [-0.25, -0.2) is 0 Å². The lowest BCUT2D eigenvalue weighted by molar-refractivity contribution is -0.133. The first-order valence-electron chi connectivity index (χ1n) is 5.98. The SMILES string of the molecule is NCC(NC(=O)CN1CCCC1=O)C1CC1. The summed E-state index contributed by atoms with van der Waals surface area (Å²) >= 11 is 0. The summed E-state index contributed by atoms with van der Waals surface area (Å²) in [6, 6.07) is 0.102. The average molecular weight is 225 g/mol. The van der Waals surface area contributed by atoms with Crippen LogP contribution in [0.15, 0.2) is 0 Å². The van der Waals surface area contributed by atoms with Crippen LogP contribution in [0.1, 0.15) is 25.7 Å². The van der Waals surface area contributed by atoms with Crippen LogP contribution in [-0.2, 0) is 9.59 Å². The molecule has 5 nitrogen and oxygen atoms in total. The van der Waals surface area contributed by atoms with Crippen molar-refractivity contribution in [3.05, 3.63) is 0 Å². The summed E-state index contributed by atoms with van der Waals surface area (Å²) in [6.45, 7) is 1.40. The molecule has 2 rings (SSSR count). The van der Waals surface area contributed by atoms with Gasteiger partial charge in [0.2, 0.25) is 11.8 Å². The topological polar surface area (TPSA) is 75.4 Å². The number of carbonyl (C=O) groups excluding carboxylic acids is 2. The van der Waals surface area contributed by atoms with E-state index in [-0.39, 0.29) is 24.4 Å². The highest BCUT2D eigenvalue weighted by Gasteiger charge is 2.32. The van der Waals surface area contributed by atoms with Gasteiger partial charge in [0.1, 0.15) is 0 Å². The number of carbonyl (C=O) groups is 2.